The maximum atomic E-state index is 11.0. The molecule has 0 unspecified atom stereocenters. The minimum Gasteiger partial charge on any atom is -0.332 e. The lowest BCUT2D eigenvalue weighted by atomic mass is 10.2. The number of anilines is 3. The number of para-hydroxylation sites is 2. The van der Waals surface area contributed by atoms with Gasteiger partial charge in [0.1, 0.15) is 5.69 Å². The van der Waals surface area contributed by atoms with Gasteiger partial charge in [0.15, 0.2) is 5.11 Å². The Morgan fingerprint density at radius 3 is 2.13 bits per heavy atom. The molecule has 0 saturated heterocycles. The minimum absolute atomic E-state index is 0.0577. The molecule has 0 aliphatic carbocycles. The molecule has 3 N–H and O–H groups in total. The van der Waals surface area contributed by atoms with Crippen molar-refractivity contribution in [3.05, 3.63) is 58.6 Å². The molecule has 0 aliphatic rings. The highest BCUT2D eigenvalue weighted by Crippen LogP contribution is 2.23. The minimum atomic E-state index is -0.479. The summed E-state index contributed by atoms with van der Waals surface area (Å²) in [6.45, 7) is 1.43. The Labute approximate surface area is 137 Å². The maximum Gasteiger partial charge on any atom is 0.292 e. The van der Waals surface area contributed by atoms with Crippen molar-refractivity contribution < 1.29 is 9.72 Å². The second-order valence-electron chi connectivity index (χ2n) is 4.61. The largest absolute Gasteiger partial charge is 0.332 e. The van der Waals surface area contributed by atoms with Crippen molar-refractivity contribution in [1.82, 2.24) is 0 Å². The number of benzene rings is 2. The number of carbonyl (C=O) groups excluding carboxylic acids is 1. The van der Waals surface area contributed by atoms with Crippen LogP contribution in [0.25, 0.3) is 0 Å². The van der Waals surface area contributed by atoms with Gasteiger partial charge in [-0.15, -0.1) is 0 Å². The fourth-order valence-electron chi connectivity index (χ4n) is 1.86. The van der Waals surface area contributed by atoms with Gasteiger partial charge in [-0.05, 0) is 42.5 Å². The van der Waals surface area contributed by atoms with Crippen molar-refractivity contribution in [3.8, 4) is 0 Å². The van der Waals surface area contributed by atoms with Crippen molar-refractivity contribution in [1.29, 1.82) is 0 Å². The van der Waals surface area contributed by atoms with Gasteiger partial charge >= 0.3 is 0 Å². The second kappa shape index (κ2) is 7.32. The number of thiocarbonyl (C=S) groups is 1. The molecule has 0 atom stereocenters. The number of nitrogens with zero attached hydrogens (tertiary/aromatic N) is 1. The van der Waals surface area contributed by atoms with Gasteiger partial charge in [-0.3, -0.25) is 14.9 Å². The lowest BCUT2D eigenvalue weighted by molar-refractivity contribution is -0.383. The van der Waals surface area contributed by atoms with E-state index in [1.807, 2.05) is 0 Å². The summed E-state index contributed by atoms with van der Waals surface area (Å²) in [6.07, 6.45) is 0. The molecule has 1 amide bonds. The topological polar surface area (TPSA) is 96.3 Å². The van der Waals surface area contributed by atoms with Crippen LogP contribution in [-0.4, -0.2) is 15.9 Å². The molecule has 2 rings (SSSR count). The van der Waals surface area contributed by atoms with Gasteiger partial charge in [-0.1, -0.05) is 12.1 Å². The van der Waals surface area contributed by atoms with Crippen molar-refractivity contribution in [2.45, 2.75) is 6.92 Å². The van der Waals surface area contributed by atoms with E-state index in [0.29, 0.717) is 17.1 Å². The molecule has 118 valence electrons. The van der Waals surface area contributed by atoms with Crippen LogP contribution in [0, 0.1) is 10.1 Å². The lowest BCUT2D eigenvalue weighted by Crippen LogP contribution is -2.19. The second-order valence-corrected chi connectivity index (χ2v) is 5.02. The fraction of sp³-hybridized carbons (Fsp3) is 0.0667. The number of rotatable bonds is 4. The summed E-state index contributed by atoms with van der Waals surface area (Å²) in [5, 5.41) is 19.6. The predicted molar refractivity (Wildman–Crippen MR) is 93.7 cm³/mol. The zero-order valence-electron chi connectivity index (χ0n) is 12.2. The predicted octanol–water partition coefficient (Wildman–Crippen LogP) is 3.36. The average Bonchev–Trinajstić information content (AvgIpc) is 2.49. The van der Waals surface area contributed by atoms with Crippen LogP contribution in [0.2, 0.25) is 0 Å². The maximum absolute atomic E-state index is 11.0. The van der Waals surface area contributed by atoms with E-state index in [0.717, 1.165) is 0 Å². The Morgan fingerprint density at radius 2 is 1.57 bits per heavy atom. The van der Waals surface area contributed by atoms with Gasteiger partial charge < -0.3 is 16.0 Å². The molecule has 2 aromatic rings. The van der Waals surface area contributed by atoms with Gasteiger partial charge in [0.2, 0.25) is 5.91 Å². The molecule has 2 aromatic carbocycles. The third-order valence-electron chi connectivity index (χ3n) is 2.81. The first-order valence-corrected chi connectivity index (χ1v) is 7.05. The van der Waals surface area contributed by atoms with Gasteiger partial charge in [-0.25, -0.2) is 0 Å². The molecule has 0 bridgehead atoms. The third kappa shape index (κ3) is 4.75. The fourth-order valence-corrected chi connectivity index (χ4v) is 2.09. The Morgan fingerprint density at radius 1 is 1.00 bits per heavy atom. The van der Waals surface area contributed by atoms with Gasteiger partial charge in [0, 0.05) is 24.4 Å². The van der Waals surface area contributed by atoms with E-state index in [4.69, 9.17) is 12.2 Å². The van der Waals surface area contributed by atoms with Gasteiger partial charge in [0.25, 0.3) is 5.69 Å². The summed E-state index contributed by atoms with van der Waals surface area (Å²) in [4.78, 5) is 21.4. The van der Waals surface area contributed by atoms with Crippen LogP contribution in [0.3, 0.4) is 0 Å². The number of carbonyl (C=O) groups is 1. The molecule has 0 fully saturated rings. The van der Waals surface area contributed by atoms with Gasteiger partial charge in [-0.2, -0.15) is 0 Å². The summed E-state index contributed by atoms with van der Waals surface area (Å²) < 4.78 is 0. The van der Waals surface area contributed by atoms with Gasteiger partial charge in [0.05, 0.1) is 4.92 Å². The van der Waals surface area contributed by atoms with Crippen molar-refractivity contribution in [2.75, 3.05) is 16.0 Å². The molecular weight excluding hydrogens is 316 g/mol. The normalized spacial score (nSPS) is 9.78. The lowest BCUT2D eigenvalue weighted by Gasteiger charge is -2.11. The first-order valence-electron chi connectivity index (χ1n) is 6.65. The molecular formula is C15H14N4O3S. The quantitative estimate of drug-likeness (QED) is 0.452. The summed E-state index contributed by atoms with van der Waals surface area (Å²) in [5.74, 6) is -0.153. The molecule has 8 heteroatoms. The molecule has 23 heavy (non-hydrogen) atoms. The molecule has 0 heterocycles. The number of nitro benzene ring substituents is 1. The summed E-state index contributed by atoms with van der Waals surface area (Å²) in [5.41, 5.74) is 1.61. The highest BCUT2D eigenvalue weighted by atomic mass is 32.1. The standard InChI is InChI=1S/C15H14N4O3S/c1-10(20)16-11-6-8-12(9-7-11)17-15(23)18-13-4-2-3-5-14(13)19(21)22/h2-9H,1H3,(H,16,20)(H2,17,18,23). The summed E-state index contributed by atoms with van der Waals surface area (Å²) in [6, 6.07) is 13.1. The number of hydrogen-bond acceptors (Lipinski definition) is 4. The van der Waals surface area contributed by atoms with Crippen LogP contribution in [-0.2, 0) is 4.79 Å². The van der Waals surface area contributed by atoms with Crippen LogP contribution in [0.1, 0.15) is 6.92 Å². The zero-order chi connectivity index (χ0) is 16.8. The van der Waals surface area contributed by atoms with E-state index in [2.05, 4.69) is 16.0 Å². The Balaban J connectivity index is 2.02. The van der Waals surface area contributed by atoms with E-state index in [1.54, 1.807) is 42.5 Å². The SMILES string of the molecule is CC(=O)Nc1ccc(NC(=S)Nc2ccccc2[N+](=O)[O-])cc1. The van der Waals surface area contributed by atoms with Crippen LogP contribution in [0.15, 0.2) is 48.5 Å². The first kappa shape index (κ1) is 16.4. The highest BCUT2D eigenvalue weighted by Gasteiger charge is 2.13. The van der Waals surface area contributed by atoms with Crippen molar-refractivity contribution in [2.24, 2.45) is 0 Å². The first-order chi connectivity index (χ1) is 11.0. The average molecular weight is 330 g/mol. The number of nitrogens with one attached hydrogen (secondary N) is 3. The van der Waals surface area contributed by atoms with Crippen molar-refractivity contribution >= 4 is 46.0 Å². The van der Waals surface area contributed by atoms with Crippen LogP contribution < -0.4 is 16.0 Å². The molecule has 0 spiro atoms. The number of nitro groups is 1. The Bertz CT molecular complexity index is 747. The molecule has 7 nitrogen and oxygen atoms in total. The zero-order valence-corrected chi connectivity index (χ0v) is 13.0. The van der Waals surface area contributed by atoms with E-state index < -0.39 is 4.92 Å². The highest BCUT2D eigenvalue weighted by molar-refractivity contribution is 7.80. The number of amides is 1. The molecule has 0 saturated carbocycles. The van der Waals surface area contributed by atoms with Crippen molar-refractivity contribution in [3.63, 3.8) is 0 Å². The van der Waals surface area contributed by atoms with E-state index in [9.17, 15) is 14.9 Å². The third-order valence-corrected chi connectivity index (χ3v) is 3.02. The smallest absolute Gasteiger partial charge is 0.292 e. The van der Waals surface area contributed by atoms with E-state index in [-0.39, 0.29) is 16.7 Å². The summed E-state index contributed by atoms with van der Waals surface area (Å²) in [7, 11) is 0. The number of hydrogen-bond donors (Lipinski definition) is 3. The van der Waals surface area contributed by atoms with Crippen LogP contribution in [0.5, 0.6) is 0 Å². The van der Waals surface area contributed by atoms with Crippen LogP contribution >= 0.6 is 12.2 Å². The van der Waals surface area contributed by atoms with E-state index >= 15 is 0 Å². The molecule has 0 aliphatic heterocycles. The van der Waals surface area contributed by atoms with E-state index in [1.165, 1.54) is 13.0 Å². The molecule has 0 radical (unpaired) electrons. The monoisotopic (exact) mass is 330 g/mol. The Kier molecular flexibility index (Phi) is 5.21. The Hall–Kier alpha value is -3.00. The molecule has 0 aromatic heterocycles. The summed E-state index contributed by atoms with van der Waals surface area (Å²) >= 11 is 5.15. The van der Waals surface area contributed by atoms with Crippen LogP contribution in [0.4, 0.5) is 22.7 Å².